The van der Waals surface area contributed by atoms with Crippen molar-refractivity contribution >= 4 is 21.8 Å². The summed E-state index contributed by atoms with van der Waals surface area (Å²) in [5.74, 6) is -0.483. The molecule has 4 rings (SSSR count). The Morgan fingerprint density at radius 1 is 0.927 bits per heavy atom. The van der Waals surface area contributed by atoms with Gasteiger partial charge >= 0.3 is 0 Å². The summed E-state index contributed by atoms with van der Waals surface area (Å²) in [6.45, 7) is 4.77. The maximum atomic E-state index is 13.8. The van der Waals surface area contributed by atoms with Gasteiger partial charge in [0.05, 0.1) is 4.90 Å². The van der Waals surface area contributed by atoms with Gasteiger partial charge in [0.2, 0.25) is 21.8 Å². The van der Waals surface area contributed by atoms with E-state index in [0.29, 0.717) is 30.0 Å². The lowest BCUT2D eigenvalue weighted by molar-refractivity contribution is -0.141. The van der Waals surface area contributed by atoms with Gasteiger partial charge in [-0.3, -0.25) is 9.59 Å². The lowest BCUT2D eigenvalue weighted by Gasteiger charge is -2.32. The second-order valence-corrected chi connectivity index (χ2v) is 12.7. The maximum absolute atomic E-state index is 13.8. The fourth-order valence-corrected chi connectivity index (χ4v) is 5.82. The van der Waals surface area contributed by atoms with E-state index in [1.807, 2.05) is 30.3 Å². The Labute approximate surface area is 242 Å². The highest BCUT2D eigenvalue weighted by Crippen LogP contribution is 2.26. The van der Waals surface area contributed by atoms with E-state index < -0.39 is 16.1 Å². The molecule has 9 heteroatoms. The molecule has 3 aromatic carbocycles. The van der Waals surface area contributed by atoms with Gasteiger partial charge in [-0.05, 0) is 72.6 Å². The minimum absolute atomic E-state index is 0.0181. The summed E-state index contributed by atoms with van der Waals surface area (Å²) in [4.78, 5) is 29.1. The maximum Gasteiger partial charge on any atom is 0.247 e. The number of amides is 2. The summed E-state index contributed by atoms with van der Waals surface area (Å²) in [6, 6.07) is 20.8. The highest BCUT2D eigenvalue weighted by atomic mass is 32.2. The monoisotopic (exact) mass is 579 g/mol. The smallest absolute Gasteiger partial charge is 0.247 e. The van der Waals surface area contributed by atoms with Crippen molar-refractivity contribution in [3.63, 3.8) is 0 Å². The molecule has 1 saturated carbocycles. The molecule has 1 fully saturated rings. The van der Waals surface area contributed by atoms with E-state index in [0.717, 1.165) is 24.8 Å². The molecular weight excluding hydrogens is 541 g/mol. The Morgan fingerprint density at radius 3 is 2.17 bits per heavy atom. The van der Waals surface area contributed by atoms with Gasteiger partial charge in [0.25, 0.3) is 0 Å². The van der Waals surface area contributed by atoms with Crippen LogP contribution in [-0.4, -0.2) is 37.7 Å². The first-order chi connectivity index (χ1) is 19.6. The first-order valence-corrected chi connectivity index (χ1v) is 15.6. The second-order valence-electron chi connectivity index (χ2n) is 11.0. The van der Waals surface area contributed by atoms with Crippen LogP contribution in [0.5, 0.6) is 0 Å². The third-order valence-corrected chi connectivity index (χ3v) is 8.58. The van der Waals surface area contributed by atoms with Crippen LogP contribution in [-0.2, 0) is 32.6 Å². The lowest BCUT2D eigenvalue weighted by Crippen LogP contribution is -2.43. The van der Waals surface area contributed by atoms with Crippen LogP contribution >= 0.6 is 0 Å². The topological polar surface area (TPSA) is 95.6 Å². The molecule has 0 spiro atoms. The van der Waals surface area contributed by atoms with Crippen molar-refractivity contribution in [2.75, 3.05) is 6.54 Å². The third kappa shape index (κ3) is 8.96. The van der Waals surface area contributed by atoms with E-state index in [2.05, 4.69) is 23.9 Å². The number of halogens is 1. The molecule has 0 heterocycles. The van der Waals surface area contributed by atoms with E-state index in [1.165, 1.54) is 12.1 Å². The number of hydrogen-bond acceptors (Lipinski definition) is 4. The molecule has 0 radical (unpaired) electrons. The number of nitrogens with one attached hydrogen (secondary N) is 2. The molecule has 0 bridgehead atoms. The molecule has 2 amide bonds. The van der Waals surface area contributed by atoms with Crippen LogP contribution in [0.4, 0.5) is 4.39 Å². The number of benzene rings is 3. The van der Waals surface area contributed by atoms with E-state index >= 15 is 0 Å². The van der Waals surface area contributed by atoms with Crippen LogP contribution in [0, 0.1) is 11.7 Å². The molecule has 1 atom stereocenters. The highest BCUT2D eigenvalue weighted by molar-refractivity contribution is 7.89. The van der Waals surface area contributed by atoms with Gasteiger partial charge in [-0.15, -0.1) is 0 Å². The summed E-state index contributed by atoms with van der Waals surface area (Å²) >= 11 is 0. The average Bonchev–Trinajstić information content (AvgIpc) is 3.76. The zero-order chi connectivity index (χ0) is 29.4. The van der Waals surface area contributed by atoms with Gasteiger partial charge in [0.15, 0.2) is 0 Å². The summed E-state index contributed by atoms with van der Waals surface area (Å²) in [5.41, 5.74) is 2.19. The first-order valence-electron chi connectivity index (χ1n) is 14.1. The minimum Gasteiger partial charge on any atom is -0.354 e. The van der Waals surface area contributed by atoms with Gasteiger partial charge in [0, 0.05) is 25.6 Å². The predicted molar refractivity (Wildman–Crippen MR) is 157 cm³/mol. The van der Waals surface area contributed by atoms with Crippen molar-refractivity contribution in [2.24, 2.45) is 5.92 Å². The summed E-state index contributed by atoms with van der Waals surface area (Å²) in [6.07, 6.45) is 2.99. The van der Waals surface area contributed by atoms with E-state index in [1.54, 1.807) is 41.3 Å². The Hall–Kier alpha value is -3.56. The largest absolute Gasteiger partial charge is 0.354 e. The summed E-state index contributed by atoms with van der Waals surface area (Å²) < 4.78 is 41.3. The first kappa shape index (κ1) is 30.4. The Morgan fingerprint density at radius 2 is 1.56 bits per heavy atom. The highest BCUT2D eigenvalue weighted by Gasteiger charge is 2.31. The molecule has 41 heavy (non-hydrogen) atoms. The van der Waals surface area contributed by atoms with E-state index in [-0.39, 0.29) is 41.5 Å². The number of carbonyl (C=O) groups is 2. The Kier molecular flexibility index (Phi) is 10.3. The Balaban J connectivity index is 1.55. The van der Waals surface area contributed by atoms with E-state index in [9.17, 15) is 22.4 Å². The lowest BCUT2D eigenvalue weighted by atomic mass is 10.0. The van der Waals surface area contributed by atoms with Crippen molar-refractivity contribution < 1.29 is 22.4 Å². The molecule has 1 aliphatic rings. The zero-order valence-electron chi connectivity index (χ0n) is 23.6. The Bertz CT molecular complexity index is 1410. The standard InChI is InChI=1S/C32H38FN3O4S/c1-23(2)20-21-34-32(38)31(26-6-4-3-5-7-26)36(22-25-8-13-27(33)14-9-25)30(37)19-12-24-10-17-29(18-11-24)41(39,40)35-28-15-16-28/h3-11,13-14,17-18,23,28,31,35H,12,15-16,19-22H2,1-2H3,(H,34,38)/t31-/m0/s1. The molecule has 0 aliphatic heterocycles. The molecule has 0 saturated heterocycles. The van der Waals surface area contributed by atoms with Gasteiger partial charge in [-0.1, -0.05) is 68.4 Å². The number of carbonyl (C=O) groups excluding carboxylic acids is 2. The molecule has 7 nitrogen and oxygen atoms in total. The van der Waals surface area contributed by atoms with Gasteiger partial charge < -0.3 is 10.2 Å². The summed E-state index contributed by atoms with van der Waals surface area (Å²) in [5, 5.41) is 3.00. The number of hydrogen-bond donors (Lipinski definition) is 2. The van der Waals surface area contributed by atoms with Gasteiger partial charge in [-0.25, -0.2) is 17.5 Å². The van der Waals surface area contributed by atoms with Crippen molar-refractivity contribution in [1.82, 2.24) is 14.9 Å². The van der Waals surface area contributed by atoms with Crippen molar-refractivity contribution in [1.29, 1.82) is 0 Å². The van der Waals surface area contributed by atoms with Crippen LogP contribution in [0.3, 0.4) is 0 Å². The SMILES string of the molecule is CC(C)CCNC(=O)[C@H](c1ccccc1)N(Cc1ccc(F)cc1)C(=O)CCc1ccc(S(=O)(=O)NC2CC2)cc1. The fourth-order valence-electron chi connectivity index (χ4n) is 4.52. The normalized spacial score (nSPS) is 14.0. The second kappa shape index (κ2) is 13.9. The quantitative estimate of drug-likeness (QED) is 0.277. The van der Waals surface area contributed by atoms with Crippen LogP contribution in [0.15, 0.2) is 83.8 Å². The third-order valence-electron chi connectivity index (χ3n) is 7.04. The molecule has 2 N–H and O–H groups in total. The number of nitrogens with zero attached hydrogens (tertiary/aromatic N) is 1. The molecule has 0 unspecified atom stereocenters. The van der Waals surface area contributed by atoms with Crippen molar-refractivity contribution in [2.45, 2.75) is 69.5 Å². The number of sulfonamides is 1. The fraction of sp³-hybridized carbons (Fsp3) is 0.375. The zero-order valence-corrected chi connectivity index (χ0v) is 24.4. The van der Waals surface area contributed by atoms with Crippen LogP contribution in [0.1, 0.15) is 62.3 Å². The van der Waals surface area contributed by atoms with E-state index in [4.69, 9.17) is 0 Å². The number of aryl methyl sites for hydroxylation is 1. The molecular formula is C32H38FN3O4S. The van der Waals surface area contributed by atoms with Crippen LogP contribution in [0.25, 0.3) is 0 Å². The minimum atomic E-state index is -3.56. The number of rotatable bonds is 14. The molecule has 1 aliphatic carbocycles. The van der Waals surface area contributed by atoms with Crippen molar-refractivity contribution in [3.8, 4) is 0 Å². The predicted octanol–water partition coefficient (Wildman–Crippen LogP) is 5.13. The van der Waals surface area contributed by atoms with Crippen LogP contribution < -0.4 is 10.0 Å². The molecule has 3 aromatic rings. The molecule has 218 valence electrons. The summed E-state index contributed by atoms with van der Waals surface area (Å²) in [7, 11) is -3.56. The van der Waals surface area contributed by atoms with Gasteiger partial charge in [-0.2, -0.15) is 0 Å². The molecule has 0 aromatic heterocycles. The van der Waals surface area contributed by atoms with Crippen LogP contribution in [0.2, 0.25) is 0 Å². The van der Waals surface area contributed by atoms with Crippen molar-refractivity contribution in [3.05, 3.63) is 101 Å². The van der Waals surface area contributed by atoms with Gasteiger partial charge in [0.1, 0.15) is 11.9 Å². The average molecular weight is 580 g/mol.